The Labute approximate surface area is 217 Å². The normalized spacial score (nSPS) is 36.1. The van der Waals surface area contributed by atoms with Crippen LogP contribution >= 0.6 is 0 Å². The van der Waals surface area contributed by atoms with Gasteiger partial charge in [-0.1, -0.05) is 19.3 Å². The zero-order valence-corrected chi connectivity index (χ0v) is 22.6. The Balaban J connectivity index is 1.23. The monoisotopic (exact) mass is 503 g/mol. The molecule has 2 amide bonds. The number of hydrogen-bond acceptors (Lipinski definition) is 5. The summed E-state index contributed by atoms with van der Waals surface area (Å²) in [5.41, 5.74) is 0. The third-order valence-corrected chi connectivity index (χ3v) is 9.46. The molecule has 7 nitrogen and oxygen atoms in total. The molecule has 0 bridgehead atoms. The zero-order valence-electron chi connectivity index (χ0n) is 22.6. The molecule has 4 saturated carbocycles. The molecular weight excluding hydrogens is 454 g/mol. The van der Waals surface area contributed by atoms with Gasteiger partial charge < -0.3 is 20.7 Å². The van der Waals surface area contributed by atoms with E-state index in [-0.39, 0.29) is 47.4 Å². The first-order chi connectivity index (χ1) is 17.4. The average molecular weight is 504 g/mol. The van der Waals surface area contributed by atoms with Crippen LogP contribution in [0.4, 0.5) is 0 Å². The van der Waals surface area contributed by atoms with E-state index < -0.39 is 0 Å². The largest absolute Gasteiger partial charge is 0.375 e. The number of amides is 2. The molecule has 3 N–H and O–H groups in total. The standard InChI is InChI=1S/C29H49N3O4/c1-19(33)20-16-21(28(34)31-24-6-4-3-5-7-24)18-22(17-20)29(35)32-25-10-14-27(15-11-25)36-26-12-8-23(30-2)9-13-26/h20-27,30H,3-18H2,1-2H3,(H,31,34)(H,32,35). The lowest BCUT2D eigenvalue weighted by atomic mass is 9.72. The summed E-state index contributed by atoms with van der Waals surface area (Å²) in [6, 6.07) is 1.06. The fourth-order valence-electron chi connectivity index (χ4n) is 7.07. The van der Waals surface area contributed by atoms with E-state index in [1.165, 1.54) is 32.1 Å². The van der Waals surface area contributed by atoms with Gasteiger partial charge in [0.15, 0.2) is 0 Å². The van der Waals surface area contributed by atoms with E-state index >= 15 is 0 Å². The highest BCUT2D eigenvalue weighted by atomic mass is 16.5. The molecule has 7 heteroatoms. The van der Waals surface area contributed by atoms with Crippen molar-refractivity contribution in [2.45, 2.75) is 140 Å². The van der Waals surface area contributed by atoms with Crippen LogP contribution in [-0.2, 0) is 19.1 Å². The van der Waals surface area contributed by atoms with Gasteiger partial charge in [-0.25, -0.2) is 0 Å². The fourth-order valence-corrected chi connectivity index (χ4v) is 7.07. The van der Waals surface area contributed by atoms with Gasteiger partial charge in [-0.3, -0.25) is 14.4 Å². The second-order valence-corrected chi connectivity index (χ2v) is 12.1. The Morgan fingerprint density at radius 3 is 1.50 bits per heavy atom. The Morgan fingerprint density at radius 1 is 0.583 bits per heavy atom. The molecule has 0 radical (unpaired) electrons. The first kappa shape index (κ1) is 27.6. The Hall–Kier alpha value is -1.47. The van der Waals surface area contributed by atoms with Gasteiger partial charge in [0.2, 0.25) is 11.8 Å². The summed E-state index contributed by atoms with van der Waals surface area (Å²) in [6.07, 6.45) is 16.6. The number of carbonyl (C=O) groups excluding carboxylic acids is 3. The number of ether oxygens (including phenoxy) is 1. The van der Waals surface area contributed by atoms with Crippen molar-refractivity contribution in [3.05, 3.63) is 0 Å². The molecule has 4 rings (SSSR count). The lowest BCUT2D eigenvalue weighted by molar-refractivity contribution is -0.134. The van der Waals surface area contributed by atoms with Crippen LogP contribution in [-0.4, -0.2) is 55.0 Å². The van der Waals surface area contributed by atoms with E-state index in [2.05, 4.69) is 16.0 Å². The number of carbonyl (C=O) groups is 3. The topological polar surface area (TPSA) is 96.5 Å². The van der Waals surface area contributed by atoms with Gasteiger partial charge in [0, 0.05) is 35.9 Å². The summed E-state index contributed by atoms with van der Waals surface area (Å²) in [4.78, 5) is 38.6. The maximum Gasteiger partial charge on any atom is 0.223 e. The van der Waals surface area contributed by atoms with Gasteiger partial charge in [0.1, 0.15) is 5.78 Å². The van der Waals surface area contributed by atoms with Crippen molar-refractivity contribution in [2.24, 2.45) is 17.8 Å². The maximum absolute atomic E-state index is 13.3. The first-order valence-electron chi connectivity index (χ1n) is 14.8. The maximum atomic E-state index is 13.3. The molecule has 0 aromatic heterocycles. The zero-order chi connectivity index (χ0) is 25.5. The molecule has 4 aliphatic carbocycles. The van der Waals surface area contributed by atoms with E-state index in [0.717, 1.165) is 51.4 Å². The molecule has 4 fully saturated rings. The minimum absolute atomic E-state index is 0.0335. The van der Waals surface area contributed by atoms with Crippen molar-refractivity contribution < 1.29 is 19.1 Å². The average Bonchev–Trinajstić information content (AvgIpc) is 2.90. The molecule has 0 heterocycles. The molecular formula is C29H49N3O4. The summed E-state index contributed by atoms with van der Waals surface area (Å²) in [5, 5.41) is 9.89. The Bertz CT molecular complexity index is 737. The van der Waals surface area contributed by atoms with Gasteiger partial charge in [0.05, 0.1) is 12.2 Å². The van der Waals surface area contributed by atoms with Crippen LogP contribution in [0, 0.1) is 17.8 Å². The van der Waals surface area contributed by atoms with Crippen molar-refractivity contribution in [3.8, 4) is 0 Å². The highest BCUT2D eigenvalue weighted by molar-refractivity contribution is 5.86. The molecule has 0 saturated heterocycles. The van der Waals surface area contributed by atoms with Gasteiger partial charge in [0.25, 0.3) is 0 Å². The number of Topliss-reactive ketones (excluding diaryl/α,β-unsaturated/α-hetero) is 1. The van der Waals surface area contributed by atoms with Gasteiger partial charge >= 0.3 is 0 Å². The van der Waals surface area contributed by atoms with E-state index in [1.54, 1.807) is 6.92 Å². The summed E-state index contributed by atoms with van der Waals surface area (Å²) >= 11 is 0. The predicted octanol–water partition coefficient (Wildman–Crippen LogP) is 4.03. The van der Waals surface area contributed by atoms with Crippen molar-refractivity contribution in [3.63, 3.8) is 0 Å². The van der Waals surface area contributed by atoms with E-state index in [1.807, 2.05) is 7.05 Å². The van der Waals surface area contributed by atoms with Crippen LogP contribution in [0.1, 0.15) is 110 Å². The molecule has 3 unspecified atom stereocenters. The van der Waals surface area contributed by atoms with E-state index in [4.69, 9.17) is 4.74 Å². The van der Waals surface area contributed by atoms with Crippen molar-refractivity contribution in [1.82, 2.24) is 16.0 Å². The Kier molecular flexibility index (Phi) is 10.2. The van der Waals surface area contributed by atoms with Crippen LogP contribution in [0.15, 0.2) is 0 Å². The lowest BCUT2D eigenvalue weighted by Gasteiger charge is -2.36. The summed E-state index contributed by atoms with van der Waals surface area (Å²) in [6.45, 7) is 1.60. The molecule has 3 atom stereocenters. The number of nitrogens with one attached hydrogen (secondary N) is 3. The predicted molar refractivity (Wildman–Crippen MR) is 140 cm³/mol. The van der Waals surface area contributed by atoms with Gasteiger partial charge in [-0.15, -0.1) is 0 Å². The molecule has 0 aliphatic heterocycles. The minimum atomic E-state index is -0.258. The van der Waals surface area contributed by atoms with Gasteiger partial charge in [-0.05, 0) is 97.4 Å². The smallest absolute Gasteiger partial charge is 0.223 e. The number of hydrogen-bond donors (Lipinski definition) is 3. The SMILES string of the molecule is CNC1CCC(OC2CCC(NC(=O)C3CC(C(C)=O)CC(C(=O)NC4CCCCC4)C3)CC2)CC1. The lowest BCUT2D eigenvalue weighted by Crippen LogP contribution is -2.47. The Morgan fingerprint density at radius 2 is 1.03 bits per heavy atom. The van der Waals surface area contributed by atoms with Crippen molar-refractivity contribution in [2.75, 3.05) is 7.05 Å². The summed E-state index contributed by atoms with van der Waals surface area (Å²) in [5.74, 6) is -0.514. The van der Waals surface area contributed by atoms with Crippen LogP contribution in [0.5, 0.6) is 0 Å². The molecule has 204 valence electrons. The summed E-state index contributed by atoms with van der Waals surface area (Å²) in [7, 11) is 2.04. The first-order valence-corrected chi connectivity index (χ1v) is 14.8. The second kappa shape index (κ2) is 13.4. The molecule has 0 aromatic carbocycles. The third kappa shape index (κ3) is 7.77. The highest BCUT2D eigenvalue weighted by Crippen LogP contribution is 2.35. The van der Waals surface area contributed by atoms with Crippen LogP contribution in [0.25, 0.3) is 0 Å². The van der Waals surface area contributed by atoms with Crippen LogP contribution in [0.2, 0.25) is 0 Å². The molecule has 36 heavy (non-hydrogen) atoms. The molecule has 4 aliphatic rings. The molecule has 0 spiro atoms. The minimum Gasteiger partial charge on any atom is -0.375 e. The van der Waals surface area contributed by atoms with Crippen molar-refractivity contribution in [1.29, 1.82) is 0 Å². The second-order valence-electron chi connectivity index (χ2n) is 12.1. The van der Waals surface area contributed by atoms with E-state index in [9.17, 15) is 14.4 Å². The number of ketones is 1. The fraction of sp³-hybridized carbons (Fsp3) is 0.897. The van der Waals surface area contributed by atoms with Crippen LogP contribution < -0.4 is 16.0 Å². The van der Waals surface area contributed by atoms with Gasteiger partial charge in [-0.2, -0.15) is 0 Å². The number of rotatable bonds is 8. The summed E-state index contributed by atoms with van der Waals surface area (Å²) < 4.78 is 6.42. The molecule has 0 aromatic rings. The quantitative estimate of drug-likeness (QED) is 0.465. The van der Waals surface area contributed by atoms with E-state index in [0.29, 0.717) is 37.5 Å². The van der Waals surface area contributed by atoms with Crippen LogP contribution in [0.3, 0.4) is 0 Å². The third-order valence-electron chi connectivity index (χ3n) is 9.46. The van der Waals surface area contributed by atoms with Crippen molar-refractivity contribution >= 4 is 17.6 Å². The highest BCUT2D eigenvalue weighted by Gasteiger charge is 2.39.